The third kappa shape index (κ3) is 2.48. The van der Waals surface area contributed by atoms with Gasteiger partial charge in [-0.05, 0) is 22.4 Å². The lowest BCUT2D eigenvalue weighted by Gasteiger charge is -2.11. The number of rotatable bonds is 3. The van der Waals surface area contributed by atoms with E-state index in [2.05, 4.69) is 40.6 Å². The summed E-state index contributed by atoms with van der Waals surface area (Å²) in [6.07, 6.45) is 2.60. The van der Waals surface area contributed by atoms with Crippen molar-refractivity contribution in [3.05, 3.63) is 59.9 Å². The van der Waals surface area contributed by atoms with Gasteiger partial charge >= 0.3 is 0 Å². The average molecular weight is 252 g/mol. The van der Waals surface area contributed by atoms with E-state index in [1.165, 1.54) is 10.8 Å². The Morgan fingerprint density at radius 2 is 1.95 bits per heavy atom. The number of aryl methyl sites for hydroxylation is 1. The average Bonchev–Trinajstić information content (AvgIpc) is 2.83. The maximum Gasteiger partial charge on any atom is 0.0845 e. The van der Waals surface area contributed by atoms with Crippen molar-refractivity contribution in [2.24, 2.45) is 12.8 Å². The second-order valence-corrected chi connectivity index (χ2v) is 4.80. The second kappa shape index (κ2) is 4.82. The first-order chi connectivity index (χ1) is 9.22. The first kappa shape index (κ1) is 11.9. The molecule has 0 spiro atoms. The van der Waals surface area contributed by atoms with Crippen LogP contribution in [0.2, 0.25) is 0 Å². The van der Waals surface area contributed by atoms with Crippen LogP contribution in [0.5, 0.6) is 0 Å². The first-order valence-corrected chi connectivity index (χ1v) is 6.32. The van der Waals surface area contributed by atoms with Crippen LogP contribution < -0.4 is 5.73 Å². The minimum absolute atomic E-state index is 0.0543. The molecule has 0 bridgehead atoms. The largest absolute Gasteiger partial charge is 0.324 e. The molecular weight excluding hydrogens is 236 g/mol. The lowest BCUT2D eigenvalue weighted by molar-refractivity contribution is 0.694. The Morgan fingerprint density at radius 3 is 2.68 bits per heavy atom. The van der Waals surface area contributed by atoms with Gasteiger partial charge < -0.3 is 5.73 Å². The highest BCUT2D eigenvalue weighted by Gasteiger charge is 2.10. The second-order valence-electron chi connectivity index (χ2n) is 4.80. The van der Waals surface area contributed by atoms with Crippen LogP contribution in [-0.4, -0.2) is 15.0 Å². The molecule has 3 aromatic rings. The van der Waals surface area contributed by atoms with Gasteiger partial charge in [0.05, 0.1) is 5.69 Å². The molecular formula is C15H16N4. The van der Waals surface area contributed by atoms with Gasteiger partial charge in [-0.15, -0.1) is 5.10 Å². The summed E-state index contributed by atoms with van der Waals surface area (Å²) in [5.74, 6) is 0. The van der Waals surface area contributed by atoms with E-state index in [1.807, 2.05) is 25.4 Å². The van der Waals surface area contributed by atoms with Crippen LogP contribution in [0.4, 0.5) is 0 Å². The van der Waals surface area contributed by atoms with E-state index in [1.54, 1.807) is 4.68 Å². The lowest BCUT2D eigenvalue weighted by Crippen LogP contribution is -2.13. The molecule has 4 heteroatoms. The van der Waals surface area contributed by atoms with Gasteiger partial charge in [0.25, 0.3) is 0 Å². The Balaban J connectivity index is 1.86. The van der Waals surface area contributed by atoms with Crippen LogP contribution >= 0.6 is 0 Å². The fourth-order valence-electron chi connectivity index (χ4n) is 2.27. The van der Waals surface area contributed by atoms with E-state index in [4.69, 9.17) is 5.73 Å². The van der Waals surface area contributed by atoms with Crippen molar-refractivity contribution in [3.8, 4) is 0 Å². The van der Waals surface area contributed by atoms with Crippen LogP contribution in [0.15, 0.2) is 48.7 Å². The molecule has 19 heavy (non-hydrogen) atoms. The molecule has 1 heterocycles. The third-order valence-electron chi connectivity index (χ3n) is 3.28. The molecule has 0 amide bonds. The summed E-state index contributed by atoms with van der Waals surface area (Å²) in [5.41, 5.74) is 8.30. The van der Waals surface area contributed by atoms with Crippen LogP contribution in [-0.2, 0) is 13.5 Å². The molecule has 1 aromatic heterocycles. The third-order valence-corrected chi connectivity index (χ3v) is 3.28. The Hall–Kier alpha value is -2.20. The predicted molar refractivity (Wildman–Crippen MR) is 75.6 cm³/mol. The number of benzene rings is 2. The van der Waals surface area contributed by atoms with Gasteiger partial charge in [0, 0.05) is 25.7 Å². The zero-order chi connectivity index (χ0) is 13.2. The number of hydrogen-bond donors (Lipinski definition) is 1. The van der Waals surface area contributed by atoms with Crippen molar-refractivity contribution >= 4 is 10.8 Å². The van der Waals surface area contributed by atoms with Crippen LogP contribution in [0, 0.1) is 0 Å². The molecule has 0 saturated carbocycles. The molecule has 96 valence electrons. The molecule has 0 saturated heterocycles. The zero-order valence-corrected chi connectivity index (χ0v) is 10.8. The Morgan fingerprint density at radius 1 is 1.16 bits per heavy atom. The van der Waals surface area contributed by atoms with Crippen molar-refractivity contribution < 1.29 is 0 Å². The number of hydrogen-bond acceptors (Lipinski definition) is 3. The number of nitrogens with two attached hydrogens (primary N) is 1. The molecule has 0 radical (unpaired) electrons. The van der Waals surface area contributed by atoms with Gasteiger partial charge in [0.2, 0.25) is 0 Å². The molecule has 4 nitrogen and oxygen atoms in total. The van der Waals surface area contributed by atoms with E-state index in [-0.39, 0.29) is 6.04 Å². The van der Waals surface area contributed by atoms with Crippen LogP contribution in [0.25, 0.3) is 10.8 Å². The molecule has 2 N–H and O–H groups in total. The number of nitrogens with zero attached hydrogens (tertiary/aromatic N) is 3. The Labute approximate surface area is 111 Å². The van der Waals surface area contributed by atoms with Crippen molar-refractivity contribution in [1.82, 2.24) is 15.0 Å². The first-order valence-electron chi connectivity index (χ1n) is 6.32. The van der Waals surface area contributed by atoms with Gasteiger partial charge in [0.1, 0.15) is 0 Å². The summed E-state index contributed by atoms with van der Waals surface area (Å²) >= 11 is 0. The fraction of sp³-hybridized carbons (Fsp3) is 0.200. The summed E-state index contributed by atoms with van der Waals surface area (Å²) in [7, 11) is 1.86. The normalized spacial score (nSPS) is 12.7. The summed E-state index contributed by atoms with van der Waals surface area (Å²) in [4.78, 5) is 0. The minimum atomic E-state index is -0.0543. The molecule has 0 aliphatic rings. The summed E-state index contributed by atoms with van der Waals surface area (Å²) < 4.78 is 1.70. The topological polar surface area (TPSA) is 56.7 Å². The van der Waals surface area contributed by atoms with Crippen molar-refractivity contribution in [2.75, 3.05) is 0 Å². The Bertz CT molecular complexity index is 702. The molecule has 1 unspecified atom stereocenters. The quantitative estimate of drug-likeness (QED) is 0.777. The highest BCUT2D eigenvalue weighted by molar-refractivity contribution is 5.83. The minimum Gasteiger partial charge on any atom is -0.324 e. The van der Waals surface area contributed by atoms with Gasteiger partial charge in [-0.2, -0.15) is 0 Å². The standard InChI is InChI=1S/C15H16N4/c1-19-10-14(17-18-19)9-15(16)13-7-6-11-4-2-3-5-12(11)8-13/h2-8,10,15H,9,16H2,1H3. The van der Waals surface area contributed by atoms with Gasteiger partial charge in [-0.1, -0.05) is 41.6 Å². The maximum atomic E-state index is 6.25. The van der Waals surface area contributed by atoms with Gasteiger partial charge in [-0.3, -0.25) is 4.68 Å². The highest BCUT2D eigenvalue weighted by atomic mass is 15.4. The SMILES string of the molecule is Cn1cc(CC(N)c2ccc3ccccc3c2)nn1. The summed E-state index contributed by atoms with van der Waals surface area (Å²) in [6, 6.07) is 14.6. The number of aromatic nitrogens is 3. The summed E-state index contributed by atoms with van der Waals surface area (Å²) in [6.45, 7) is 0. The predicted octanol–water partition coefficient (Wildman–Crippen LogP) is 2.21. The highest BCUT2D eigenvalue weighted by Crippen LogP contribution is 2.21. The molecule has 0 aliphatic carbocycles. The monoisotopic (exact) mass is 252 g/mol. The van der Waals surface area contributed by atoms with Gasteiger partial charge in [0.15, 0.2) is 0 Å². The molecule has 1 atom stereocenters. The summed E-state index contributed by atoms with van der Waals surface area (Å²) in [5, 5.41) is 10.5. The fourth-order valence-corrected chi connectivity index (χ4v) is 2.27. The van der Waals surface area contributed by atoms with E-state index in [0.717, 1.165) is 11.3 Å². The van der Waals surface area contributed by atoms with Crippen molar-refractivity contribution in [1.29, 1.82) is 0 Å². The van der Waals surface area contributed by atoms with E-state index in [9.17, 15) is 0 Å². The van der Waals surface area contributed by atoms with E-state index < -0.39 is 0 Å². The maximum absolute atomic E-state index is 6.25. The van der Waals surface area contributed by atoms with E-state index >= 15 is 0 Å². The van der Waals surface area contributed by atoms with E-state index in [0.29, 0.717) is 6.42 Å². The molecule has 0 aliphatic heterocycles. The van der Waals surface area contributed by atoms with Crippen LogP contribution in [0.3, 0.4) is 0 Å². The molecule has 0 fully saturated rings. The smallest absolute Gasteiger partial charge is 0.0845 e. The lowest BCUT2D eigenvalue weighted by atomic mass is 9.99. The number of fused-ring (bicyclic) bond motifs is 1. The van der Waals surface area contributed by atoms with Crippen molar-refractivity contribution in [3.63, 3.8) is 0 Å². The zero-order valence-electron chi connectivity index (χ0n) is 10.8. The van der Waals surface area contributed by atoms with Crippen LogP contribution in [0.1, 0.15) is 17.3 Å². The molecule has 3 rings (SSSR count). The molecule has 2 aromatic carbocycles. The Kier molecular flexibility index (Phi) is 3.01. The van der Waals surface area contributed by atoms with Gasteiger partial charge in [-0.25, -0.2) is 0 Å². The van der Waals surface area contributed by atoms with Crippen molar-refractivity contribution in [2.45, 2.75) is 12.5 Å².